The van der Waals surface area contributed by atoms with Crippen molar-refractivity contribution in [3.63, 3.8) is 0 Å². The highest BCUT2D eigenvalue weighted by atomic mass is 14.5. The Hall–Kier alpha value is 0. The largest absolute Gasteiger partial charge is 0.0654 e. The Balaban J connectivity index is 1.74. The molecule has 0 aromatic carbocycles. The maximum atomic E-state index is 2.38. The molecule has 0 heterocycles. The summed E-state index contributed by atoms with van der Waals surface area (Å²) in [6, 6.07) is 0. The summed E-state index contributed by atoms with van der Waals surface area (Å²) in [7, 11) is 0. The maximum absolute atomic E-state index is 2.38. The van der Waals surface area contributed by atoms with E-state index in [1.165, 1.54) is 25.2 Å². The van der Waals surface area contributed by atoms with Crippen molar-refractivity contribution in [1.29, 1.82) is 0 Å². The molecular weight excluding hydrogens is 192 g/mol. The third kappa shape index (κ3) is 1.83. The second-order valence-corrected chi connectivity index (χ2v) is 6.75. The van der Waals surface area contributed by atoms with Gasteiger partial charge in [0.25, 0.3) is 0 Å². The van der Waals surface area contributed by atoms with E-state index in [-0.39, 0.29) is 0 Å². The van der Waals surface area contributed by atoms with Gasteiger partial charge in [0.2, 0.25) is 0 Å². The number of hydrogen-bond donors (Lipinski definition) is 0. The monoisotopic (exact) mass is 220 g/mol. The molecule has 3 rings (SSSR count). The third-order valence-corrected chi connectivity index (χ3v) is 6.03. The zero-order valence-electron chi connectivity index (χ0n) is 11.0. The smallest absolute Gasteiger partial charge is 0.0326 e. The van der Waals surface area contributed by atoms with Crippen molar-refractivity contribution >= 4 is 0 Å². The van der Waals surface area contributed by atoms with Gasteiger partial charge in [0.15, 0.2) is 0 Å². The summed E-state index contributed by atoms with van der Waals surface area (Å²) in [5, 5.41) is 0. The average molecular weight is 220 g/mol. The minimum Gasteiger partial charge on any atom is -0.0654 e. The average Bonchev–Trinajstić information content (AvgIpc) is 2.73. The first-order valence-electron chi connectivity index (χ1n) is 7.90. The molecule has 0 N–H and O–H groups in total. The number of hydrogen-bond acceptors (Lipinski definition) is 0. The lowest BCUT2D eigenvalue weighted by atomic mass is 9.60. The minimum atomic E-state index is 1.13. The minimum absolute atomic E-state index is 1.13. The van der Waals surface area contributed by atoms with E-state index in [9.17, 15) is 0 Å². The maximum Gasteiger partial charge on any atom is -0.0326 e. The fraction of sp³-hybridized carbons (Fsp3) is 1.00. The van der Waals surface area contributed by atoms with Gasteiger partial charge in [-0.15, -0.1) is 0 Å². The van der Waals surface area contributed by atoms with E-state index >= 15 is 0 Å². The second kappa shape index (κ2) is 4.70. The first-order valence-corrected chi connectivity index (χ1v) is 7.90. The molecule has 5 atom stereocenters. The fourth-order valence-corrected chi connectivity index (χ4v) is 5.47. The van der Waals surface area contributed by atoms with E-state index in [0.29, 0.717) is 0 Å². The number of fused-ring (bicyclic) bond motifs is 3. The first-order chi connectivity index (χ1) is 7.90. The van der Waals surface area contributed by atoms with Crippen LogP contribution in [0, 0.1) is 29.6 Å². The molecule has 5 unspecified atom stereocenters. The van der Waals surface area contributed by atoms with Crippen LogP contribution in [0.2, 0.25) is 0 Å². The molecule has 3 saturated carbocycles. The van der Waals surface area contributed by atoms with Gasteiger partial charge in [0.05, 0.1) is 0 Å². The molecule has 16 heavy (non-hydrogen) atoms. The van der Waals surface area contributed by atoms with Crippen molar-refractivity contribution in [3.05, 3.63) is 0 Å². The van der Waals surface area contributed by atoms with Crippen LogP contribution >= 0.6 is 0 Å². The van der Waals surface area contributed by atoms with Crippen molar-refractivity contribution < 1.29 is 0 Å². The fourth-order valence-electron chi connectivity index (χ4n) is 5.47. The van der Waals surface area contributed by atoms with E-state index in [2.05, 4.69) is 6.92 Å². The normalized spacial score (nSPS) is 47.4. The quantitative estimate of drug-likeness (QED) is 0.612. The molecule has 0 spiro atoms. The van der Waals surface area contributed by atoms with Gasteiger partial charge < -0.3 is 0 Å². The Labute approximate surface area is 101 Å². The molecule has 0 nitrogen and oxygen atoms in total. The Bertz CT molecular complexity index is 232. The summed E-state index contributed by atoms with van der Waals surface area (Å²) < 4.78 is 0. The summed E-state index contributed by atoms with van der Waals surface area (Å²) in [4.78, 5) is 0. The van der Waals surface area contributed by atoms with Crippen LogP contribution in [-0.2, 0) is 0 Å². The molecule has 0 bridgehead atoms. The lowest BCUT2D eigenvalue weighted by Gasteiger charge is -2.45. The van der Waals surface area contributed by atoms with Crippen molar-refractivity contribution in [2.24, 2.45) is 29.6 Å². The topological polar surface area (TPSA) is 0 Å². The van der Waals surface area contributed by atoms with Crippen LogP contribution in [0.3, 0.4) is 0 Å². The summed E-state index contributed by atoms with van der Waals surface area (Å²) >= 11 is 0. The lowest BCUT2D eigenvalue weighted by molar-refractivity contribution is 0.0461. The predicted molar refractivity (Wildman–Crippen MR) is 69.3 cm³/mol. The molecule has 92 valence electrons. The van der Waals surface area contributed by atoms with Crippen LogP contribution in [-0.4, -0.2) is 0 Å². The van der Waals surface area contributed by atoms with Crippen LogP contribution in [0.15, 0.2) is 0 Å². The third-order valence-electron chi connectivity index (χ3n) is 6.03. The van der Waals surface area contributed by atoms with E-state index in [4.69, 9.17) is 0 Å². The molecule has 0 amide bonds. The highest BCUT2D eigenvalue weighted by Crippen LogP contribution is 2.55. The highest BCUT2D eigenvalue weighted by molar-refractivity contribution is 4.96. The Morgan fingerprint density at radius 3 is 2.44 bits per heavy atom. The van der Waals surface area contributed by atoms with Gasteiger partial charge in [-0.3, -0.25) is 0 Å². The van der Waals surface area contributed by atoms with Crippen LogP contribution in [0.4, 0.5) is 0 Å². The molecule has 0 heteroatoms. The Morgan fingerprint density at radius 2 is 1.56 bits per heavy atom. The van der Waals surface area contributed by atoms with Gasteiger partial charge >= 0.3 is 0 Å². The van der Waals surface area contributed by atoms with Gasteiger partial charge in [-0.1, -0.05) is 39.0 Å². The molecule has 0 aromatic heterocycles. The van der Waals surface area contributed by atoms with E-state index in [0.717, 1.165) is 23.7 Å². The molecule has 0 saturated heterocycles. The van der Waals surface area contributed by atoms with Gasteiger partial charge in [0, 0.05) is 0 Å². The SMILES string of the molecule is CCCC1CCC2CCC3CCCCC3C12. The lowest BCUT2D eigenvalue weighted by Crippen LogP contribution is -2.36. The molecular formula is C16H28. The van der Waals surface area contributed by atoms with Crippen LogP contribution in [0.5, 0.6) is 0 Å². The van der Waals surface area contributed by atoms with Gasteiger partial charge in [-0.2, -0.15) is 0 Å². The molecule has 3 fully saturated rings. The summed E-state index contributed by atoms with van der Waals surface area (Å²) in [5.74, 6) is 5.75. The van der Waals surface area contributed by atoms with E-state index in [1.54, 1.807) is 44.9 Å². The van der Waals surface area contributed by atoms with Gasteiger partial charge in [0.1, 0.15) is 0 Å². The zero-order chi connectivity index (χ0) is 11.0. The van der Waals surface area contributed by atoms with E-state index in [1.807, 2.05) is 0 Å². The van der Waals surface area contributed by atoms with Gasteiger partial charge in [-0.05, 0) is 61.7 Å². The van der Waals surface area contributed by atoms with Crippen molar-refractivity contribution in [2.45, 2.75) is 71.1 Å². The summed E-state index contributed by atoms with van der Waals surface area (Å²) in [5.41, 5.74) is 0. The highest BCUT2D eigenvalue weighted by Gasteiger charge is 2.46. The van der Waals surface area contributed by atoms with Crippen LogP contribution in [0.1, 0.15) is 71.1 Å². The summed E-state index contributed by atoms with van der Waals surface area (Å²) in [6.45, 7) is 2.38. The number of rotatable bonds is 2. The second-order valence-electron chi connectivity index (χ2n) is 6.75. The molecule has 0 aromatic rings. The molecule has 0 radical (unpaired) electrons. The van der Waals surface area contributed by atoms with Crippen LogP contribution in [0.25, 0.3) is 0 Å². The van der Waals surface area contributed by atoms with Crippen molar-refractivity contribution in [3.8, 4) is 0 Å². The van der Waals surface area contributed by atoms with Crippen LogP contribution < -0.4 is 0 Å². The standard InChI is InChI=1S/C16H28/c1-2-5-13-10-11-14-9-8-12-6-3-4-7-15(12)16(13)14/h12-16H,2-11H2,1H3. The summed E-state index contributed by atoms with van der Waals surface area (Å²) in [6.07, 6.45) is 15.5. The van der Waals surface area contributed by atoms with Crippen molar-refractivity contribution in [1.82, 2.24) is 0 Å². The first kappa shape index (κ1) is 11.1. The zero-order valence-corrected chi connectivity index (χ0v) is 11.0. The van der Waals surface area contributed by atoms with Crippen molar-refractivity contribution in [2.75, 3.05) is 0 Å². The Morgan fingerprint density at radius 1 is 0.812 bits per heavy atom. The molecule has 3 aliphatic carbocycles. The predicted octanol–water partition coefficient (Wildman–Crippen LogP) is 5.03. The van der Waals surface area contributed by atoms with E-state index < -0.39 is 0 Å². The molecule has 3 aliphatic rings. The molecule has 0 aliphatic heterocycles. The van der Waals surface area contributed by atoms with Gasteiger partial charge in [-0.25, -0.2) is 0 Å². The Kier molecular flexibility index (Phi) is 3.27.